The van der Waals surface area contributed by atoms with E-state index >= 15 is 0 Å². The molecule has 234 valence electrons. The van der Waals surface area contributed by atoms with Gasteiger partial charge in [0.2, 0.25) is 5.91 Å². The molecule has 0 saturated carbocycles. The van der Waals surface area contributed by atoms with Crippen LogP contribution in [-0.4, -0.2) is 87.5 Å². The van der Waals surface area contributed by atoms with Gasteiger partial charge in [-0.15, -0.1) is 0 Å². The molecule has 0 spiro atoms. The summed E-state index contributed by atoms with van der Waals surface area (Å²) in [5.74, 6) is -0.198. The number of aliphatic hydroxyl groups is 5. The summed E-state index contributed by atoms with van der Waals surface area (Å²) in [7, 11) is 0. The van der Waals surface area contributed by atoms with E-state index in [4.69, 9.17) is 9.47 Å². The maximum atomic E-state index is 12.7. The average molecular weight is 572 g/mol. The Balaban J connectivity index is 2.53. The van der Waals surface area contributed by atoms with Crippen molar-refractivity contribution in [2.45, 2.75) is 153 Å². The minimum absolute atomic E-state index is 0.193. The molecule has 9 nitrogen and oxygen atoms in total. The third kappa shape index (κ3) is 15.6. The number of allylic oxidation sites excluding steroid dienone is 3. The van der Waals surface area contributed by atoms with Gasteiger partial charge in [0.05, 0.1) is 25.4 Å². The fraction of sp³-hybridized carbons (Fsp3) is 0.839. The van der Waals surface area contributed by atoms with Crippen molar-refractivity contribution in [2.75, 3.05) is 13.2 Å². The molecule has 1 rings (SSSR count). The van der Waals surface area contributed by atoms with Gasteiger partial charge in [-0.1, -0.05) is 89.5 Å². The van der Waals surface area contributed by atoms with E-state index in [1.807, 2.05) is 6.08 Å². The Morgan fingerprint density at radius 2 is 1.43 bits per heavy atom. The van der Waals surface area contributed by atoms with Crippen LogP contribution >= 0.6 is 0 Å². The molecule has 0 radical (unpaired) electrons. The molecule has 0 aromatic rings. The number of hydrogen-bond donors (Lipinski definition) is 6. The minimum atomic E-state index is -1.56. The number of unbranched alkanes of at least 4 members (excludes halogenated alkanes) is 11. The van der Waals surface area contributed by atoms with Crippen LogP contribution in [-0.2, 0) is 14.3 Å². The summed E-state index contributed by atoms with van der Waals surface area (Å²) in [6.07, 6.45) is 15.4. The van der Waals surface area contributed by atoms with Crippen LogP contribution in [0, 0.1) is 0 Å². The summed E-state index contributed by atoms with van der Waals surface area (Å²) < 4.78 is 11.0. The van der Waals surface area contributed by atoms with E-state index in [9.17, 15) is 30.3 Å². The van der Waals surface area contributed by atoms with Crippen LogP contribution in [0.25, 0.3) is 0 Å². The Kier molecular flexibility index (Phi) is 21.3. The lowest BCUT2D eigenvalue weighted by molar-refractivity contribution is -0.302. The zero-order valence-corrected chi connectivity index (χ0v) is 24.8. The predicted octanol–water partition coefficient (Wildman–Crippen LogP) is 3.65. The third-order valence-electron chi connectivity index (χ3n) is 7.27. The molecule has 1 fully saturated rings. The normalized spacial score (nSPS) is 25.0. The number of rotatable bonds is 23. The van der Waals surface area contributed by atoms with Gasteiger partial charge in [-0.3, -0.25) is 4.79 Å². The van der Waals surface area contributed by atoms with Crippen LogP contribution in [0.2, 0.25) is 0 Å². The lowest BCUT2D eigenvalue weighted by Gasteiger charge is -2.40. The molecular weight excluding hydrogens is 514 g/mol. The Bertz CT molecular complexity index is 686. The van der Waals surface area contributed by atoms with Crippen LogP contribution in [0.3, 0.4) is 0 Å². The van der Waals surface area contributed by atoms with Crippen molar-refractivity contribution >= 4 is 5.91 Å². The van der Waals surface area contributed by atoms with Crippen LogP contribution in [0.4, 0.5) is 0 Å². The topological polar surface area (TPSA) is 149 Å². The molecular formula is C31H57NO8. The summed E-state index contributed by atoms with van der Waals surface area (Å²) in [6.45, 7) is 3.59. The maximum Gasteiger partial charge on any atom is 0.220 e. The van der Waals surface area contributed by atoms with Crippen molar-refractivity contribution in [3.8, 4) is 0 Å². The lowest BCUT2D eigenvalue weighted by atomic mass is 9.99. The number of carbonyl (C=O) groups excluding carboxylic acids is 1. The fourth-order valence-electron chi connectivity index (χ4n) is 4.60. The van der Waals surface area contributed by atoms with Crippen molar-refractivity contribution in [1.29, 1.82) is 0 Å². The summed E-state index contributed by atoms with van der Waals surface area (Å²) in [5.41, 5.74) is 0. The van der Waals surface area contributed by atoms with Crippen LogP contribution < -0.4 is 5.32 Å². The number of amides is 1. The quantitative estimate of drug-likeness (QED) is 0.0804. The minimum Gasteiger partial charge on any atom is -0.394 e. The van der Waals surface area contributed by atoms with Crippen molar-refractivity contribution in [3.63, 3.8) is 0 Å². The molecule has 7 unspecified atom stereocenters. The first kappa shape index (κ1) is 36.7. The molecule has 0 aromatic heterocycles. The number of carbonyl (C=O) groups is 1. The number of hydrogen-bond acceptors (Lipinski definition) is 8. The first-order chi connectivity index (χ1) is 19.3. The Morgan fingerprint density at radius 1 is 0.825 bits per heavy atom. The average Bonchev–Trinajstić information content (AvgIpc) is 2.95. The Hall–Kier alpha value is -1.33. The second-order valence-corrected chi connectivity index (χ2v) is 10.9. The zero-order valence-electron chi connectivity index (χ0n) is 24.8. The largest absolute Gasteiger partial charge is 0.394 e. The number of ether oxygens (including phenoxy) is 2. The molecule has 1 heterocycles. The molecule has 0 aliphatic carbocycles. The van der Waals surface area contributed by atoms with Gasteiger partial charge < -0.3 is 40.3 Å². The van der Waals surface area contributed by atoms with Gasteiger partial charge in [-0.2, -0.15) is 0 Å². The molecule has 9 heteroatoms. The van der Waals surface area contributed by atoms with Crippen LogP contribution in [0.5, 0.6) is 0 Å². The molecule has 1 aliphatic heterocycles. The monoisotopic (exact) mass is 571 g/mol. The van der Waals surface area contributed by atoms with Crippen molar-refractivity contribution in [3.05, 3.63) is 24.3 Å². The second kappa shape index (κ2) is 23.3. The van der Waals surface area contributed by atoms with E-state index in [1.165, 1.54) is 12.8 Å². The van der Waals surface area contributed by atoms with Crippen LogP contribution in [0.1, 0.15) is 110 Å². The molecule has 0 aromatic carbocycles. The fourth-order valence-corrected chi connectivity index (χ4v) is 4.60. The summed E-state index contributed by atoms with van der Waals surface area (Å²) in [5, 5.41) is 53.3. The van der Waals surface area contributed by atoms with E-state index < -0.39 is 49.5 Å². The first-order valence-corrected chi connectivity index (χ1v) is 15.6. The summed E-state index contributed by atoms with van der Waals surface area (Å²) in [6, 6.07) is -0.800. The Morgan fingerprint density at radius 3 is 2.10 bits per heavy atom. The first-order valence-electron chi connectivity index (χ1n) is 15.6. The number of nitrogens with one attached hydrogen (secondary N) is 1. The van der Waals surface area contributed by atoms with Crippen molar-refractivity contribution < 1.29 is 39.8 Å². The van der Waals surface area contributed by atoms with E-state index in [0.717, 1.165) is 77.0 Å². The SMILES string of the molecule is CCCC/C=C\CCCCCCCC(=O)NC(COC1OC(CO)C(O)C(O)C1O)C(O)/C=C/CCCCCC. The third-order valence-corrected chi connectivity index (χ3v) is 7.27. The van der Waals surface area contributed by atoms with E-state index in [0.29, 0.717) is 6.42 Å². The van der Waals surface area contributed by atoms with Gasteiger partial charge in [-0.25, -0.2) is 0 Å². The predicted molar refractivity (Wildman–Crippen MR) is 157 cm³/mol. The molecule has 6 N–H and O–H groups in total. The molecule has 40 heavy (non-hydrogen) atoms. The van der Waals surface area contributed by atoms with Gasteiger partial charge in [0.25, 0.3) is 0 Å². The standard InChI is InChI=1S/C31H57NO8/c1-3-5-7-9-11-12-13-14-15-17-19-21-27(35)32-24(25(34)20-18-16-10-8-6-4-2)23-39-31-30(38)29(37)28(36)26(22-33)40-31/h9,11,18,20,24-26,28-31,33-34,36-38H,3-8,10,12-17,19,21-23H2,1-2H3,(H,32,35)/b11-9-,20-18+. The second-order valence-electron chi connectivity index (χ2n) is 10.9. The Labute approximate surface area is 241 Å². The van der Waals surface area contributed by atoms with Gasteiger partial charge >= 0.3 is 0 Å². The summed E-state index contributed by atoms with van der Waals surface area (Å²) in [4.78, 5) is 12.7. The smallest absolute Gasteiger partial charge is 0.220 e. The van der Waals surface area contributed by atoms with Gasteiger partial charge in [-0.05, 0) is 38.5 Å². The van der Waals surface area contributed by atoms with Gasteiger partial charge in [0.1, 0.15) is 24.4 Å². The van der Waals surface area contributed by atoms with Gasteiger partial charge in [0, 0.05) is 6.42 Å². The molecule has 1 aliphatic rings. The van der Waals surface area contributed by atoms with E-state index in [2.05, 4.69) is 31.3 Å². The highest BCUT2D eigenvalue weighted by Crippen LogP contribution is 2.22. The maximum absolute atomic E-state index is 12.7. The lowest BCUT2D eigenvalue weighted by Crippen LogP contribution is -2.60. The van der Waals surface area contributed by atoms with E-state index in [-0.39, 0.29) is 12.5 Å². The number of aliphatic hydroxyl groups excluding tert-OH is 5. The molecule has 1 saturated heterocycles. The van der Waals surface area contributed by atoms with Crippen molar-refractivity contribution in [2.24, 2.45) is 0 Å². The zero-order chi connectivity index (χ0) is 29.6. The van der Waals surface area contributed by atoms with Gasteiger partial charge in [0.15, 0.2) is 6.29 Å². The van der Waals surface area contributed by atoms with Crippen LogP contribution in [0.15, 0.2) is 24.3 Å². The highest BCUT2D eigenvalue weighted by atomic mass is 16.7. The van der Waals surface area contributed by atoms with Crippen molar-refractivity contribution in [1.82, 2.24) is 5.32 Å². The highest BCUT2D eigenvalue weighted by molar-refractivity contribution is 5.76. The molecule has 0 bridgehead atoms. The summed E-state index contributed by atoms with van der Waals surface area (Å²) >= 11 is 0. The molecule has 1 amide bonds. The molecule has 7 atom stereocenters. The highest BCUT2D eigenvalue weighted by Gasteiger charge is 2.44. The van der Waals surface area contributed by atoms with E-state index in [1.54, 1.807) is 6.08 Å².